The van der Waals surface area contributed by atoms with Gasteiger partial charge in [-0.15, -0.1) is 0 Å². The standard InChI is InChI=1S/C41H33N3O/c1-2-27(40-41-38(31-16-6-9-19-34(31)43-40)33-18-8-11-21-36(33)45-41)15-12-22-37-42-35-20-10-7-17-32(35)39(44-37)30-25-23-29(24-26-30)28-13-4-3-5-14-28/h2,4,6-9,11-19,21,23-26H,3,5,10,20,22H2,1H3/b15-12-,27-2+. The molecule has 2 aliphatic rings. The van der Waals surface area contributed by atoms with Crippen molar-refractivity contribution in [1.82, 2.24) is 15.0 Å². The fourth-order valence-corrected chi connectivity index (χ4v) is 6.55. The van der Waals surface area contributed by atoms with Crippen molar-refractivity contribution in [2.75, 3.05) is 0 Å². The Hall–Kier alpha value is -5.35. The minimum absolute atomic E-state index is 0.619. The van der Waals surface area contributed by atoms with Crippen LogP contribution in [-0.2, 0) is 12.8 Å². The van der Waals surface area contributed by atoms with E-state index in [-0.39, 0.29) is 0 Å². The number of hydrogen-bond acceptors (Lipinski definition) is 4. The van der Waals surface area contributed by atoms with Gasteiger partial charge in [0.1, 0.15) is 17.1 Å². The van der Waals surface area contributed by atoms with Crippen LogP contribution in [0.5, 0.6) is 0 Å². The summed E-state index contributed by atoms with van der Waals surface area (Å²) < 4.78 is 6.44. The van der Waals surface area contributed by atoms with Crippen molar-refractivity contribution in [1.29, 1.82) is 0 Å². The van der Waals surface area contributed by atoms with Crippen molar-refractivity contribution in [2.45, 2.75) is 39.0 Å². The first-order chi connectivity index (χ1) is 22.3. The van der Waals surface area contributed by atoms with Crippen LogP contribution in [0.15, 0.2) is 120 Å². The summed E-state index contributed by atoms with van der Waals surface area (Å²) in [5.41, 5.74) is 11.4. The minimum Gasteiger partial charge on any atom is -0.454 e. The number of allylic oxidation sites excluding steroid dienone is 9. The van der Waals surface area contributed by atoms with Crippen molar-refractivity contribution < 1.29 is 4.42 Å². The van der Waals surface area contributed by atoms with Gasteiger partial charge in [0.2, 0.25) is 0 Å². The first kappa shape index (κ1) is 27.2. The predicted octanol–water partition coefficient (Wildman–Crippen LogP) is 10.5. The highest BCUT2D eigenvalue weighted by molar-refractivity contribution is 6.20. The maximum Gasteiger partial charge on any atom is 0.162 e. The van der Waals surface area contributed by atoms with Crippen molar-refractivity contribution in [2.24, 2.45) is 0 Å². The maximum absolute atomic E-state index is 6.44. The van der Waals surface area contributed by atoms with Crippen molar-refractivity contribution in [3.63, 3.8) is 0 Å². The number of para-hydroxylation sites is 2. The molecule has 8 rings (SSSR count). The number of rotatable bonds is 6. The molecule has 0 saturated carbocycles. The summed E-state index contributed by atoms with van der Waals surface area (Å²) >= 11 is 0. The molecule has 3 aromatic carbocycles. The Bertz CT molecular complexity index is 2240. The lowest BCUT2D eigenvalue weighted by molar-refractivity contribution is 0.666. The van der Waals surface area contributed by atoms with Gasteiger partial charge in [0.05, 0.1) is 16.9 Å². The summed E-state index contributed by atoms with van der Waals surface area (Å²) in [5.74, 6) is 0.827. The molecule has 0 amide bonds. The van der Waals surface area contributed by atoms with Crippen LogP contribution in [0.3, 0.4) is 0 Å². The number of aryl methyl sites for hydroxylation is 1. The quantitative estimate of drug-likeness (QED) is 0.183. The second-order valence-corrected chi connectivity index (χ2v) is 11.6. The molecule has 3 heterocycles. The lowest BCUT2D eigenvalue weighted by atomic mass is 9.95. The molecule has 0 atom stereocenters. The predicted molar refractivity (Wildman–Crippen MR) is 187 cm³/mol. The molecule has 0 unspecified atom stereocenters. The van der Waals surface area contributed by atoms with Crippen molar-refractivity contribution in [3.05, 3.63) is 144 Å². The van der Waals surface area contributed by atoms with Crippen LogP contribution in [0.2, 0.25) is 0 Å². The monoisotopic (exact) mass is 583 g/mol. The van der Waals surface area contributed by atoms with E-state index in [0.717, 1.165) is 98.1 Å². The van der Waals surface area contributed by atoms with E-state index in [2.05, 4.69) is 103 Å². The lowest BCUT2D eigenvalue weighted by Crippen LogP contribution is -2.07. The average Bonchev–Trinajstić information content (AvgIpc) is 3.50. The fourth-order valence-electron chi connectivity index (χ4n) is 6.55. The molecule has 0 fully saturated rings. The second-order valence-electron chi connectivity index (χ2n) is 11.6. The van der Waals surface area contributed by atoms with Gasteiger partial charge in [0.25, 0.3) is 0 Å². The third-order valence-corrected chi connectivity index (χ3v) is 8.79. The highest BCUT2D eigenvalue weighted by Crippen LogP contribution is 2.38. The molecular formula is C41H33N3O. The smallest absolute Gasteiger partial charge is 0.162 e. The van der Waals surface area contributed by atoms with Crippen LogP contribution in [0, 0.1) is 0 Å². The normalized spacial score (nSPS) is 15.0. The number of aromatic nitrogens is 3. The molecular weight excluding hydrogens is 550 g/mol. The van der Waals surface area contributed by atoms with Crippen LogP contribution >= 0.6 is 0 Å². The van der Waals surface area contributed by atoms with Gasteiger partial charge in [-0.25, -0.2) is 15.0 Å². The van der Waals surface area contributed by atoms with Crippen LogP contribution in [0.4, 0.5) is 0 Å². The molecule has 4 heteroatoms. The first-order valence-electron chi connectivity index (χ1n) is 15.8. The average molecular weight is 584 g/mol. The summed E-state index contributed by atoms with van der Waals surface area (Å²) in [6.07, 6.45) is 22.4. The molecule has 6 aromatic rings. The Labute approximate surface area is 262 Å². The third kappa shape index (κ3) is 5.02. The molecule has 0 bridgehead atoms. The van der Waals surface area contributed by atoms with Gasteiger partial charge in [-0.2, -0.15) is 0 Å². The largest absolute Gasteiger partial charge is 0.454 e. The summed E-state index contributed by atoms with van der Waals surface area (Å²) in [5, 5.41) is 3.32. The van der Waals surface area contributed by atoms with Gasteiger partial charge >= 0.3 is 0 Å². The number of pyridine rings is 1. The number of furan rings is 1. The third-order valence-electron chi connectivity index (χ3n) is 8.79. The van der Waals surface area contributed by atoms with E-state index < -0.39 is 0 Å². The van der Waals surface area contributed by atoms with E-state index in [1.54, 1.807) is 0 Å². The summed E-state index contributed by atoms with van der Waals surface area (Å²) in [7, 11) is 0. The van der Waals surface area contributed by atoms with Gasteiger partial charge in [0, 0.05) is 33.7 Å². The maximum atomic E-state index is 6.44. The lowest BCUT2D eigenvalue weighted by Gasteiger charge is -2.16. The SMILES string of the molecule is C/C=C(\C=C/Cc1nc2c(c(-c3ccc(C4=CCCC=C4)cc3)n1)C=CCC2)c1nc2ccccc2c2c1oc1ccccc12. The van der Waals surface area contributed by atoms with E-state index >= 15 is 0 Å². The summed E-state index contributed by atoms with van der Waals surface area (Å²) in [6, 6.07) is 25.3. The van der Waals surface area contributed by atoms with Crippen LogP contribution in [0.25, 0.3) is 61.3 Å². The zero-order valence-electron chi connectivity index (χ0n) is 25.3. The second kappa shape index (κ2) is 11.6. The zero-order valence-corrected chi connectivity index (χ0v) is 25.3. The number of fused-ring (bicyclic) bond motifs is 6. The van der Waals surface area contributed by atoms with Crippen molar-refractivity contribution >= 4 is 50.1 Å². The van der Waals surface area contributed by atoms with E-state index in [9.17, 15) is 0 Å². The zero-order chi connectivity index (χ0) is 30.2. The molecule has 4 nitrogen and oxygen atoms in total. The van der Waals surface area contributed by atoms with Crippen LogP contribution < -0.4 is 0 Å². The summed E-state index contributed by atoms with van der Waals surface area (Å²) in [4.78, 5) is 15.2. The van der Waals surface area contributed by atoms with Crippen LogP contribution in [0.1, 0.15) is 54.5 Å². The van der Waals surface area contributed by atoms with Gasteiger partial charge in [-0.1, -0.05) is 109 Å². The minimum atomic E-state index is 0.619. The molecule has 2 aliphatic carbocycles. The summed E-state index contributed by atoms with van der Waals surface area (Å²) in [6.45, 7) is 2.05. The fraction of sp³-hybridized carbons (Fsp3) is 0.146. The van der Waals surface area contributed by atoms with Gasteiger partial charge in [-0.05, 0) is 61.4 Å². The van der Waals surface area contributed by atoms with Gasteiger partial charge in [-0.3, -0.25) is 0 Å². The highest BCUT2D eigenvalue weighted by atomic mass is 16.3. The van der Waals surface area contributed by atoms with Crippen molar-refractivity contribution in [3.8, 4) is 11.3 Å². The van der Waals surface area contributed by atoms with E-state index in [4.69, 9.17) is 19.4 Å². The molecule has 0 saturated heterocycles. The molecule has 3 aromatic heterocycles. The highest BCUT2D eigenvalue weighted by Gasteiger charge is 2.19. The number of nitrogens with zero attached hydrogens (tertiary/aromatic N) is 3. The van der Waals surface area contributed by atoms with E-state index in [1.165, 1.54) is 11.1 Å². The van der Waals surface area contributed by atoms with E-state index in [0.29, 0.717) is 6.42 Å². The van der Waals surface area contributed by atoms with Crippen LogP contribution in [-0.4, -0.2) is 15.0 Å². The molecule has 45 heavy (non-hydrogen) atoms. The Balaban J connectivity index is 1.14. The molecule has 0 radical (unpaired) electrons. The van der Waals surface area contributed by atoms with E-state index in [1.807, 2.05) is 25.1 Å². The molecule has 0 N–H and O–H groups in total. The Kier molecular flexibility index (Phi) is 7.03. The molecule has 0 aliphatic heterocycles. The Morgan fingerprint density at radius 2 is 1.60 bits per heavy atom. The molecule has 218 valence electrons. The Morgan fingerprint density at radius 1 is 0.800 bits per heavy atom. The van der Waals surface area contributed by atoms with Gasteiger partial charge in [0.15, 0.2) is 5.58 Å². The topological polar surface area (TPSA) is 51.8 Å². The Morgan fingerprint density at radius 3 is 2.44 bits per heavy atom. The number of hydrogen-bond donors (Lipinski definition) is 0. The van der Waals surface area contributed by atoms with Gasteiger partial charge < -0.3 is 4.42 Å². The first-order valence-corrected chi connectivity index (χ1v) is 15.8. The number of benzene rings is 3. The molecule has 0 spiro atoms.